The highest BCUT2D eigenvalue weighted by atomic mass is 16.5. The zero-order valence-corrected chi connectivity index (χ0v) is 9.21. The van der Waals surface area contributed by atoms with Crippen LogP contribution in [0.1, 0.15) is 18.1 Å². The number of hydrogen-bond donors (Lipinski definition) is 1. The second-order valence-electron chi connectivity index (χ2n) is 3.72. The van der Waals surface area contributed by atoms with E-state index in [4.69, 9.17) is 4.74 Å². The van der Waals surface area contributed by atoms with Gasteiger partial charge in [0, 0.05) is 19.7 Å². The van der Waals surface area contributed by atoms with Crippen molar-refractivity contribution in [2.45, 2.75) is 26.4 Å². The van der Waals surface area contributed by atoms with Gasteiger partial charge in [0.05, 0.1) is 6.61 Å². The molecule has 2 heteroatoms. The fourth-order valence-corrected chi connectivity index (χ4v) is 1.31. The smallest absolute Gasteiger partial charge is 0.0613 e. The van der Waals surface area contributed by atoms with Crippen molar-refractivity contribution >= 4 is 0 Å². The number of ether oxygens (including phenoxy) is 1. The van der Waals surface area contributed by atoms with Gasteiger partial charge in [0.15, 0.2) is 0 Å². The summed E-state index contributed by atoms with van der Waals surface area (Å²) in [5.74, 6) is 0. The van der Waals surface area contributed by atoms with Gasteiger partial charge in [0.2, 0.25) is 0 Å². The Morgan fingerprint density at radius 3 is 2.50 bits per heavy atom. The summed E-state index contributed by atoms with van der Waals surface area (Å²) in [6, 6.07) is 8.99. The van der Waals surface area contributed by atoms with Gasteiger partial charge >= 0.3 is 0 Å². The molecule has 0 saturated heterocycles. The van der Waals surface area contributed by atoms with Gasteiger partial charge in [-0.05, 0) is 19.4 Å². The lowest BCUT2D eigenvalue weighted by Gasteiger charge is -2.12. The lowest BCUT2D eigenvalue weighted by Crippen LogP contribution is -2.29. The Kier molecular flexibility index (Phi) is 4.63. The Bertz CT molecular complexity index is 256. The number of methoxy groups -OCH3 is 1. The van der Waals surface area contributed by atoms with Gasteiger partial charge < -0.3 is 10.1 Å². The highest BCUT2D eigenvalue weighted by Crippen LogP contribution is 2.02. The number of rotatable bonds is 5. The van der Waals surface area contributed by atoms with Crippen molar-refractivity contribution in [2.24, 2.45) is 0 Å². The first-order chi connectivity index (χ1) is 6.72. The van der Waals surface area contributed by atoms with Gasteiger partial charge in [-0.1, -0.05) is 29.8 Å². The largest absolute Gasteiger partial charge is 0.383 e. The highest BCUT2D eigenvalue weighted by molar-refractivity contribution is 5.21. The predicted octanol–water partition coefficient (Wildman–Crippen LogP) is 2.12. The van der Waals surface area contributed by atoms with E-state index >= 15 is 0 Å². The maximum Gasteiger partial charge on any atom is 0.0613 e. The second-order valence-corrected chi connectivity index (χ2v) is 3.72. The third kappa shape index (κ3) is 3.90. The van der Waals surface area contributed by atoms with Gasteiger partial charge in [0.1, 0.15) is 0 Å². The molecule has 0 aromatic heterocycles. The normalized spacial score (nSPS) is 12.8. The maximum atomic E-state index is 5.05. The van der Waals surface area contributed by atoms with Gasteiger partial charge in [-0.25, -0.2) is 0 Å². The van der Waals surface area contributed by atoms with Crippen LogP contribution in [0.15, 0.2) is 24.3 Å². The van der Waals surface area contributed by atoms with Crippen molar-refractivity contribution in [3.63, 3.8) is 0 Å². The molecule has 0 aliphatic heterocycles. The van der Waals surface area contributed by atoms with E-state index in [1.54, 1.807) is 7.11 Å². The van der Waals surface area contributed by atoms with Crippen LogP contribution in [0.25, 0.3) is 0 Å². The molecule has 1 aromatic rings. The molecule has 0 heterocycles. The maximum absolute atomic E-state index is 5.05. The molecule has 14 heavy (non-hydrogen) atoms. The Hall–Kier alpha value is -0.860. The number of aryl methyl sites for hydroxylation is 1. The van der Waals surface area contributed by atoms with E-state index in [1.165, 1.54) is 11.1 Å². The highest BCUT2D eigenvalue weighted by Gasteiger charge is 1.99. The minimum Gasteiger partial charge on any atom is -0.383 e. The summed E-state index contributed by atoms with van der Waals surface area (Å²) in [6.07, 6.45) is 0. The van der Waals surface area contributed by atoms with Crippen LogP contribution < -0.4 is 5.32 Å². The molecule has 0 aliphatic rings. The molecule has 1 atom stereocenters. The standard InChI is InChI=1S/C12H19NO/c1-10-4-6-12(7-5-10)8-13-11(2)9-14-3/h4-7,11,13H,8-9H2,1-3H3/t11-/m1/s1. The summed E-state index contributed by atoms with van der Waals surface area (Å²) in [4.78, 5) is 0. The monoisotopic (exact) mass is 193 g/mol. The summed E-state index contributed by atoms with van der Waals surface area (Å²) >= 11 is 0. The van der Waals surface area contributed by atoms with Crippen LogP contribution in [0.4, 0.5) is 0 Å². The number of benzene rings is 1. The molecule has 0 fully saturated rings. The quantitative estimate of drug-likeness (QED) is 0.773. The lowest BCUT2D eigenvalue weighted by atomic mass is 10.1. The van der Waals surface area contributed by atoms with Crippen molar-refractivity contribution < 1.29 is 4.74 Å². The third-order valence-corrected chi connectivity index (χ3v) is 2.19. The predicted molar refractivity (Wildman–Crippen MR) is 59.4 cm³/mol. The average Bonchev–Trinajstić information content (AvgIpc) is 2.17. The molecule has 78 valence electrons. The van der Waals surface area contributed by atoms with E-state index < -0.39 is 0 Å². The van der Waals surface area contributed by atoms with Crippen LogP contribution in [-0.2, 0) is 11.3 Å². The van der Waals surface area contributed by atoms with Crippen molar-refractivity contribution in [2.75, 3.05) is 13.7 Å². The topological polar surface area (TPSA) is 21.3 Å². The SMILES string of the molecule is COC[C@@H](C)NCc1ccc(C)cc1. The van der Waals surface area contributed by atoms with Gasteiger partial charge in [-0.2, -0.15) is 0 Å². The van der Waals surface area contributed by atoms with E-state index in [0.29, 0.717) is 6.04 Å². The summed E-state index contributed by atoms with van der Waals surface area (Å²) < 4.78 is 5.05. The van der Waals surface area contributed by atoms with Crippen LogP contribution in [0.3, 0.4) is 0 Å². The fraction of sp³-hybridized carbons (Fsp3) is 0.500. The molecule has 0 amide bonds. The minimum atomic E-state index is 0.404. The van der Waals surface area contributed by atoms with Crippen LogP contribution in [0, 0.1) is 6.92 Å². The first kappa shape index (κ1) is 11.2. The van der Waals surface area contributed by atoms with Crippen molar-refractivity contribution in [3.8, 4) is 0 Å². The van der Waals surface area contributed by atoms with Crippen molar-refractivity contribution in [3.05, 3.63) is 35.4 Å². The van der Waals surface area contributed by atoms with E-state index in [9.17, 15) is 0 Å². The first-order valence-corrected chi connectivity index (χ1v) is 5.00. The van der Waals surface area contributed by atoms with Crippen LogP contribution >= 0.6 is 0 Å². The van der Waals surface area contributed by atoms with Crippen LogP contribution in [0.2, 0.25) is 0 Å². The number of nitrogens with one attached hydrogen (secondary N) is 1. The second kappa shape index (κ2) is 5.78. The summed E-state index contributed by atoms with van der Waals surface area (Å²) in [5, 5.41) is 3.39. The molecule has 1 N–H and O–H groups in total. The Morgan fingerprint density at radius 1 is 1.29 bits per heavy atom. The molecule has 2 nitrogen and oxygen atoms in total. The molecule has 1 aromatic carbocycles. The van der Waals surface area contributed by atoms with Gasteiger partial charge in [-0.15, -0.1) is 0 Å². The van der Waals surface area contributed by atoms with E-state index in [0.717, 1.165) is 13.2 Å². The molecule has 0 bridgehead atoms. The molecule has 0 saturated carbocycles. The zero-order valence-electron chi connectivity index (χ0n) is 9.21. The first-order valence-electron chi connectivity index (χ1n) is 5.00. The van der Waals surface area contributed by atoms with Crippen molar-refractivity contribution in [1.29, 1.82) is 0 Å². The summed E-state index contributed by atoms with van der Waals surface area (Å²) in [6.45, 7) is 5.89. The fourth-order valence-electron chi connectivity index (χ4n) is 1.31. The summed E-state index contributed by atoms with van der Waals surface area (Å²) in [5.41, 5.74) is 2.62. The molecule has 0 aliphatic carbocycles. The average molecular weight is 193 g/mol. The summed E-state index contributed by atoms with van der Waals surface area (Å²) in [7, 11) is 1.73. The number of hydrogen-bond acceptors (Lipinski definition) is 2. The minimum absolute atomic E-state index is 0.404. The van der Waals surface area contributed by atoms with Crippen LogP contribution in [0.5, 0.6) is 0 Å². The Balaban J connectivity index is 2.34. The molecule has 1 rings (SSSR count). The van der Waals surface area contributed by atoms with Gasteiger partial charge in [-0.3, -0.25) is 0 Å². The van der Waals surface area contributed by atoms with E-state index in [2.05, 4.69) is 43.4 Å². The molecular formula is C12H19NO. The third-order valence-electron chi connectivity index (χ3n) is 2.19. The molecule has 0 spiro atoms. The zero-order chi connectivity index (χ0) is 10.4. The molecular weight excluding hydrogens is 174 g/mol. The molecule has 0 unspecified atom stereocenters. The van der Waals surface area contributed by atoms with Crippen molar-refractivity contribution in [1.82, 2.24) is 5.32 Å². The lowest BCUT2D eigenvalue weighted by molar-refractivity contribution is 0.171. The van der Waals surface area contributed by atoms with Crippen LogP contribution in [-0.4, -0.2) is 19.8 Å². The van der Waals surface area contributed by atoms with E-state index in [1.807, 2.05) is 0 Å². The Morgan fingerprint density at radius 2 is 1.93 bits per heavy atom. The van der Waals surface area contributed by atoms with E-state index in [-0.39, 0.29) is 0 Å². The van der Waals surface area contributed by atoms with Gasteiger partial charge in [0.25, 0.3) is 0 Å². The Labute approximate surface area is 86.3 Å². The molecule has 0 radical (unpaired) electrons.